The van der Waals surface area contributed by atoms with Crippen LogP contribution in [0.3, 0.4) is 0 Å². The van der Waals surface area contributed by atoms with Gasteiger partial charge in [-0.05, 0) is 218 Å². The summed E-state index contributed by atoms with van der Waals surface area (Å²) in [6, 6.07) is 169. The molecule has 0 unspecified atom stereocenters. The van der Waals surface area contributed by atoms with Gasteiger partial charge in [-0.3, -0.25) is 0 Å². The zero-order chi connectivity index (χ0) is 95.5. The Bertz CT molecular complexity index is 8080. The first-order chi connectivity index (χ1) is 68.6. The maximum atomic E-state index is 15.9. The lowest BCUT2D eigenvalue weighted by Crippen LogP contribution is -2.31. The van der Waals surface area contributed by atoms with Crippen LogP contribution in [0.25, 0.3) is 175 Å². The van der Waals surface area contributed by atoms with E-state index in [1.807, 2.05) is 231 Å². The molecule has 0 N–H and O–H groups in total. The van der Waals surface area contributed by atoms with E-state index in [0.29, 0.717) is 11.1 Å². The maximum absolute atomic E-state index is 15.9. The molecule has 0 amide bonds. The molecule has 0 atom stereocenters. The molecule has 0 aromatic heterocycles. The summed E-state index contributed by atoms with van der Waals surface area (Å²) in [5.74, 6) is -0.534. The Balaban J connectivity index is 0.000000112. The predicted octanol–water partition coefficient (Wildman–Crippen LogP) is 34.7. The Kier molecular flexibility index (Phi) is 25.1. The molecule has 0 bridgehead atoms. The van der Waals surface area contributed by atoms with Gasteiger partial charge in [0.15, 0.2) is 14.3 Å². The van der Waals surface area contributed by atoms with Gasteiger partial charge in [0.25, 0.3) is 0 Å². The van der Waals surface area contributed by atoms with Gasteiger partial charge in [-0.2, -0.15) is 0 Å². The third-order valence-corrected chi connectivity index (χ3v) is 33.8. The molecular weight excluding hydrogens is 1740 g/mol. The van der Waals surface area contributed by atoms with E-state index in [9.17, 15) is 8.78 Å². The van der Waals surface area contributed by atoms with Gasteiger partial charge in [0.1, 0.15) is 11.6 Å². The fraction of sp³-hybridized carbons (Fsp3) is 0.0448. The van der Waals surface area contributed by atoms with Crippen LogP contribution in [0.15, 0.2) is 497 Å². The fourth-order valence-corrected chi connectivity index (χ4v) is 26.9. The lowest BCUT2D eigenvalue weighted by atomic mass is 9.83. The van der Waals surface area contributed by atoms with E-state index in [2.05, 4.69) is 272 Å². The van der Waals surface area contributed by atoms with E-state index in [4.69, 9.17) is 0 Å². The summed E-state index contributed by atoms with van der Waals surface area (Å²) in [6.07, 6.45) is 0. The minimum absolute atomic E-state index is 0.267. The second kappa shape index (κ2) is 39.0. The normalized spacial score (nSPS) is 11.5. The third-order valence-electron chi connectivity index (χ3n) is 27.5. The summed E-state index contributed by atoms with van der Waals surface area (Å²) in [4.78, 5) is 0. The van der Waals surface area contributed by atoms with Gasteiger partial charge in [-0.25, -0.2) is 8.78 Å². The molecule has 6 heteroatoms. The monoisotopic (exact) mass is 1840 g/mol. The Morgan fingerprint density at radius 3 is 0.571 bits per heavy atom. The standard InChI is InChI=1S/C40H30.C38H28O2P2.C30H26.C26H16F2/c1-27-11-15-29(16-12-27)31-19-23-33(24-20-31)39-35-7-3-5-9-37(35)40(38-10-6-4-8-36(38)39)34-25-21-32(22-26-34)30-17-13-28(2)14-18-30;39-41(29-17-5-1-6-18-29,30-19-7-2-8-20-30)37-33-25-13-15-27-35(33)38(36-28-16-14-26-34(36)37)42(40,31-21-9-3-10-22-31)32-23-11-4-12-24-32;1-19-13-15-21(3)27(17-19)29-23-9-5-7-11-25(23)30(26-12-8-6-10-24(26)29)28-18-20(2)14-16-22(28)4;27-23-15-7-5-13-21(23)25-17-9-1-2-10-18(17)26(20-12-4-3-11-19(20)25)22-14-6-8-16-24(22)28/h3-26H,1-2H3;1-28H;5-18H,1-4H3;1-16H. The Morgan fingerprint density at radius 2 is 0.336 bits per heavy atom. The number of benzene rings is 24. The summed E-state index contributed by atoms with van der Waals surface area (Å²) in [6.45, 7) is 13.1. The molecule has 0 radical (unpaired) electrons. The quantitative estimate of drug-likeness (QED) is 0.0803. The van der Waals surface area contributed by atoms with Gasteiger partial charge in [-0.15, -0.1) is 0 Å². The van der Waals surface area contributed by atoms with Crippen LogP contribution in [0.5, 0.6) is 0 Å². The van der Waals surface area contributed by atoms with Crippen LogP contribution >= 0.6 is 14.3 Å². The second-order valence-electron chi connectivity index (χ2n) is 36.4. The number of hydrogen-bond donors (Lipinski definition) is 0. The van der Waals surface area contributed by atoms with Crippen LogP contribution in [0.1, 0.15) is 33.4 Å². The second-order valence-corrected chi connectivity index (χ2v) is 41.8. The highest BCUT2D eigenvalue weighted by molar-refractivity contribution is 7.87. The van der Waals surface area contributed by atoms with Crippen LogP contribution in [0, 0.1) is 53.2 Å². The number of fused-ring (bicyclic) bond motifs is 8. The maximum Gasteiger partial charge on any atom is 0.172 e. The van der Waals surface area contributed by atoms with Crippen LogP contribution < -0.4 is 31.8 Å². The van der Waals surface area contributed by atoms with Crippen LogP contribution in [-0.4, -0.2) is 0 Å². The van der Waals surface area contributed by atoms with Gasteiger partial charge >= 0.3 is 0 Å². The molecule has 24 aromatic carbocycles. The Labute approximate surface area is 817 Å². The van der Waals surface area contributed by atoms with Gasteiger partial charge in [0, 0.05) is 54.1 Å². The van der Waals surface area contributed by atoms with Crippen molar-refractivity contribution in [2.45, 2.75) is 41.5 Å². The average Bonchev–Trinajstić information content (AvgIpc) is 0.704. The first-order valence-corrected chi connectivity index (χ1v) is 51.2. The first-order valence-electron chi connectivity index (χ1n) is 47.8. The van der Waals surface area contributed by atoms with E-state index in [-0.39, 0.29) is 11.6 Å². The minimum Gasteiger partial charge on any atom is -0.309 e. The highest BCUT2D eigenvalue weighted by Crippen LogP contribution is 2.54. The van der Waals surface area contributed by atoms with Gasteiger partial charge < -0.3 is 9.13 Å². The minimum atomic E-state index is -3.37. The van der Waals surface area contributed by atoms with Gasteiger partial charge in [-0.1, -0.05) is 508 Å². The molecule has 0 aliphatic carbocycles. The molecule has 0 aliphatic heterocycles. The van der Waals surface area contributed by atoms with Crippen molar-refractivity contribution in [2.24, 2.45) is 0 Å². The number of halogens is 2. The molecule has 0 aliphatic rings. The lowest BCUT2D eigenvalue weighted by Gasteiger charge is -2.28. The smallest absolute Gasteiger partial charge is 0.172 e. The van der Waals surface area contributed by atoms with Gasteiger partial charge in [0.05, 0.1) is 0 Å². The zero-order valence-electron chi connectivity index (χ0n) is 78.8. The largest absolute Gasteiger partial charge is 0.309 e. The number of rotatable bonds is 14. The van der Waals surface area contributed by atoms with Crippen LogP contribution in [0.4, 0.5) is 8.78 Å². The summed E-state index contributed by atoms with van der Waals surface area (Å²) in [7, 11) is -6.75. The zero-order valence-corrected chi connectivity index (χ0v) is 80.6. The van der Waals surface area contributed by atoms with E-state index in [1.165, 1.54) is 155 Å². The van der Waals surface area contributed by atoms with Crippen molar-refractivity contribution in [1.82, 2.24) is 0 Å². The predicted molar refractivity (Wildman–Crippen MR) is 596 cm³/mol. The molecular formula is C134H100F2O2P2. The number of hydrogen-bond acceptors (Lipinski definition) is 2. The highest BCUT2D eigenvalue weighted by atomic mass is 31.2. The SMILES string of the molecule is Cc1ccc(-c2ccc(-c3c4ccccc4c(-c4ccc(-c5ccc(C)cc5)cc4)c4ccccc34)cc2)cc1.Cc1ccc(C)c(-c2c3ccccc3c(-c3cc(C)ccc3C)c3ccccc23)c1.Fc1ccccc1-c1c2ccccc2c(-c2ccccc2F)c2ccccc12.O=P(c1ccccc1)(c1ccccc1)c1c2ccccc2c(P(=O)(c2ccccc2)c2ccccc2)c2ccccc12. The Morgan fingerprint density at radius 1 is 0.157 bits per heavy atom. The molecule has 0 saturated heterocycles. The third kappa shape index (κ3) is 16.9. The molecule has 0 spiro atoms. The summed E-state index contributed by atoms with van der Waals surface area (Å²) >= 11 is 0. The first kappa shape index (κ1) is 90.2. The summed E-state index contributed by atoms with van der Waals surface area (Å²) in [5, 5.41) is 22.1. The lowest BCUT2D eigenvalue weighted by molar-refractivity contribution is 0.591. The van der Waals surface area contributed by atoms with Crippen molar-refractivity contribution < 1.29 is 17.9 Å². The summed E-state index contributed by atoms with van der Waals surface area (Å²) in [5.41, 5.74) is 25.9. The van der Waals surface area contributed by atoms with Crippen molar-refractivity contribution in [3.05, 3.63) is 542 Å². The van der Waals surface area contributed by atoms with E-state index < -0.39 is 14.3 Å². The van der Waals surface area contributed by atoms with E-state index in [1.54, 1.807) is 24.3 Å². The molecule has 0 fully saturated rings. The van der Waals surface area contributed by atoms with Gasteiger partial charge in [0.2, 0.25) is 0 Å². The molecule has 24 rings (SSSR count). The topological polar surface area (TPSA) is 34.1 Å². The molecule has 2 nitrogen and oxygen atoms in total. The molecule has 140 heavy (non-hydrogen) atoms. The molecule has 0 saturated carbocycles. The average molecular weight is 1840 g/mol. The molecule has 24 aromatic rings. The van der Waals surface area contributed by atoms with Crippen molar-refractivity contribution in [3.8, 4) is 89.0 Å². The van der Waals surface area contributed by atoms with Crippen molar-refractivity contribution in [3.63, 3.8) is 0 Å². The molecule has 672 valence electrons. The van der Waals surface area contributed by atoms with Crippen LogP contribution in [-0.2, 0) is 9.13 Å². The highest BCUT2D eigenvalue weighted by Gasteiger charge is 2.39. The van der Waals surface area contributed by atoms with Crippen molar-refractivity contribution in [1.29, 1.82) is 0 Å². The Hall–Kier alpha value is -16.3. The van der Waals surface area contributed by atoms with Crippen molar-refractivity contribution in [2.75, 3.05) is 0 Å². The fourth-order valence-electron chi connectivity index (χ4n) is 20.8. The molecule has 0 heterocycles. The van der Waals surface area contributed by atoms with E-state index >= 15 is 9.13 Å². The van der Waals surface area contributed by atoms with Crippen LogP contribution in [0.2, 0.25) is 0 Å². The number of aryl methyl sites for hydroxylation is 6. The van der Waals surface area contributed by atoms with E-state index in [0.717, 1.165) is 86.0 Å². The summed E-state index contributed by atoms with van der Waals surface area (Å²) < 4.78 is 61.3. The van der Waals surface area contributed by atoms with Crippen molar-refractivity contribution >= 4 is 132 Å².